The maximum absolute atomic E-state index is 5.71. The summed E-state index contributed by atoms with van der Waals surface area (Å²) in [5.74, 6) is 0.238. The maximum Gasteiger partial charge on any atom is 0.142 e. The molecule has 1 aliphatic carbocycles. The number of oxime groups is 2. The Hall–Kier alpha value is -2.62. The number of rotatable bonds is 10. The summed E-state index contributed by atoms with van der Waals surface area (Å²) >= 11 is 0. The summed E-state index contributed by atoms with van der Waals surface area (Å²) < 4.78 is 0. The van der Waals surface area contributed by atoms with E-state index >= 15 is 0 Å². The molecule has 0 N–H and O–H groups in total. The Kier molecular flexibility index (Phi) is 8.77. The second kappa shape index (κ2) is 12.1. The van der Waals surface area contributed by atoms with Gasteiger partial charge in [-0.3, -0.25) is 0 Å². The SMILES string of the molecule is CCCCCC1/C(=N\OCc2ccccc2)CCC/C1=N\OCc1ccccc1. The van der Waals surface area contributed by atoms with Gasteiger partial charge in [0.25, 0.3) is 0 Å². The molecule has 0 amide bonds. The van der Waals surface area contributed by atoms with Crippen LogP contribution in [0.15, 0.2) is 71.0 Å². The fraction of sp³-hybridized carbons (Fsp3) is 0.440. The lowest BCUT2D eigenvalue weighted by atomic mass is 9.82. The van der Waals surface area contributed by atoms with Crippen LogP contribution in [-0.2, 0) is 22.9 Å². The third-order valence-electron chi connectivity index (χ3n) is 5.28. The van der Waals surface area contributed by atoms with E-state index in [0.717, 1.165) is 48.2 Å². The summed E-state index contributed by atoms with van der Waals surface area (Å²) in [6.07, 6.45) is 7.68. The highest BCUT2D eigenvalue weighted by atomic mass is 16.6. The molecular weight excluding hydrogens is 360 g/mol. The fourth-order valence-electron chi connectivity index (χ4n) is 3.67. The van der Waals surface area contributed by atoms with E-state index in [-0.39, 0.29) is 5.92 Å². The topological polar surface area (TPSA) is 43.2 Å². The van der Waals surface area contributed by atoms with Gasteiger partial charge in [0.15, 0.2) is 0 Å². The van der Waals surface area contributed by atoms with Crippen LogP contribution in [0.3, 0.4) is 0 Å². The molecule has 0 aliphatic heterocycles. The molecule has 0 bridgehead atoms. The molecule has 1 atom stereocenters. The van der Waals surface area contributed by atoms with Crippen LogP contribution < -0.4 is 0 Å². The molecule has 2 aromatic carbocycles. The van der Waals surface area contributed by atoms with Crippen molar-refractivity contribution in [1.82, 2.24) is 0 Å². The highest BCUT2D eigenvalue weighted by Crippen LogP contribution is 2.26. The van der Waals surface area contributed by atoms with Crippen molar-refractivity contribution in [1.29, 1.82) is 0 Å². The molecular formula is C25H32N2O2. The van der Waals surface area contributed by atoms with Crippen LogP contribution in [0.25, 0.3) is 0 Å². The van der Waals surface area contributed by atoms with Gasteiger partial charge in [-0.15, -0.1) is 0 Å². The summed E-state index contributed by atoms with van der Waals surface area (Å²) in [5.41, 5.74) is 4.50. The van der Waals surface area contributed by atoms with E-state index in [2.05, 4.69) is 41.5 Å². The maximum atomic E-state index is 5.71. The number of hydrogen-bond acceptors (Lipinski definition) is 4. The minimum Gasteiger partial charge on any atom is -0.391 e. The standard InChI is InChI=1S/C25H32N2O2/c1-2-3-6-16-23-24(26-28-19-21-12-7-4-8-13-21)17-11-18-25(23)27-29-20-22-14-9-5-10-15-22/h4-5,7-10,12-15,23H,2-3,6,11,16-20H2,1H3/b26-24-,27-25+. The lowest BCUT2D eigenvalue weighted by Gasteiger charge is -2.25. The van der Waals surface area contributed by atoms with Crippen LogP contribution in [0, 0.1) is 5.92 Å². The largest absolute Gasteiger partial charge is 0.391 e. The van der Waals surface area contributed by atoms with E-state index in [1.807, 2.05) is 36.4 Å². The van der Waals surface area contributed by atoms with E-state index in [0.29, 0.717) is 13.2 Å². The zero-order valence-electron chi connectivity index (χ0n) is 17.4. The van der Waals surface area contributed by atoms with Crippen molar-refractivity contribution in [2.24, 2.45) is 16.2 Å². The predicted molar refractivity (Wildman–Crippen MR) is 119 cm³/mol. The molecule has 2 aromatic rings. The fourth-order valence-corrected chi connectivity index (χ4v) is 3.67. The van der Waals surface area contributed by atoms with Crippen molar-refractivity contribution in [3.8, 4) is 0 Å². The molecule has 154 valence electrons. The Morgan fingerprint density at radius 3 is 1.76 bits per heavy atom. The van der Waals surface area contributed by atoms with Gasteiger partial charge in [-0.05, 0) is 36.8 Å². The first-order chi connectivity index (χ1) is 14.4. The van der Waals surface area contributed by atoms with Crippen molar-refractivity contribution in [2.45, 2.75) is 65.1 Å². The van der Waals surface area contributed by atoms with Crippen molar-refractivity contribution in [3.63, 3.8) is 0 Å². The highest BCUT2D eigenvalue weighted by Gasteiger charge is 2.27. The van der Waals surface area contributed by atoms with Crippen LogP contribution in [0.1, 0.15) is 63.0 Å². The first-order valence-corrected chi connectivity index (χ1v) is 10.8. The Morgan fingerprint density at radius 2 is 1.28 bits per heavy atom. The smallest absolute Gasteiger partial charge is 0.142 e. The Morgan fingerprint density at radius 1 is 0.759 bits per heavy atom. The van der Waals surface area contributed by atoms with Crippen LogP contribution >= 0.6 is 0 Å². The second-order valence-corrected chi connectivity index (χ2v) is 7.59. The molecule has 1 fully saturated rings. The minimum absolute atomic E-state index is 0.238. The van der Waals surface area contributed by atoms with Crippen LogP contribution in [0.5, 0.6) is 0 Å². The van der Waals surface area contributed by atoms with Crippen LogP contribution in [-0.4, -0.2) is 11.4 Å². The van der Waals surface area contributed by atoms with Gasteiger partial charge in [0, 0.05) is 5.92 Å². The minimum atomic E-state index is 0.238. The van der Waals surface area contributed by atoms with Crippen LogP contribution in [0.4, 0.5) is 0 Å². The Bertz CT molecular complexity index is 710. The zero-order valence-corrected chi connectivity index (χ0v) is 17.4. The number of nitrogens with zero attached hydrogens (tertiary/aromatic N) is 2. The third kappa shape index (κ3) is 7.04. The monoisotopic (exact) mass is 392 g/mol. The molecule has 0 aromatic heterocycles. The van der Waals surface area contributed by atoms with Gasteiger partial charge in [-0.2, -0.15) is 0 Å². The number of unbranched alkanes of at least 4 members (excludes halogenated alkanes) is 2. The summed E-state index contributed by atoms with van der Waals surface area (Å²) in [6.45, 7) is 3.24. The lowest BCUT2D eigenvalue weighted by Crippen LogP contribution is -2.29. The predicted octanol–water partition coefficient (Wildman–Crippen LogP) is 6.51. The molecule has 0 heterocycles. The zero-order chi connectivity index (χ0) is 20.2. The first kappa shape index (κ1) is 21.1. The Balaban J connectivity index is 1.63. The second-order valence-electron chi connectivity index (χ2n) is 7.59. The van der Waals surface area contributed by atoms with E-state index in [1.165, 1.54) is 19.3 Å². The van der Waals surface area contributed by atoms with Gasteiger partial charge in [-0.1, -0.05) is 97.2 Å². The molecule has 1 aliphatic rings. The molecule has 0 spiro atoms. The average molecular weight is 393 g/mol. The third-order valence-corrected chi connectivity index (χ3v) is 5.28. The summed E-state index contributed by atoms with van der Waals surface area (Å²) in [4.78, 5) is 11.4. The van der Waals surface area contributed by atoms with Gasteiger partial charge in [0.2, 0.25) is 0 Å². The summed E-state index contributed by atoms with van der Waals surface area (Å²) in [5, 5.41) is 9.07. The Labute approximate surface area is 174 Å². The molecule has 4 nitrogen and oxygen atoms in total. The molecule has 29 heavy (non-hydrogen) atoms. The van der Waals surface area contributed by atoms with Gasteiger partial charge in [0.1, 0.15) is 13.2 Å². The quantitative estimate of drug-likeness (QED) is 0.341. The van der Waals surface area contributed by atoms with Gasteiger partial charge in [-0.25, -0.2) is 0 Å². The van der Waals surface area contributed by atoms with E-state index in [4.69, 9.17) is 9.68 Å². The van der Waals surface area contributed by atoms with Crippen molar-refractivity contribution in [3.05, 3.63) is 71.8 Å². The van der Waals surface area contributed by atoms with Gasteiger partial charge < -0.3 is 9.68 Å². The number of benzene rings is 2. The average Bonchev–Trinajstić information content (AvgIpc) is 2.77. The van der Waals surface area contributed by atoms with Crippen molar-refractivity contribution >= 4 is 11.4 Å². The van der Waals surface area contributed by atoms with Crippen molar-refractivity contribution < 1.29 is 9.68 Å². The first-order valence-electron chi connectivity index (χ1n) is 10.8. The summed E-state index contributed by atoms with van der Waals surface area (Å²) in [6, 6.07) is 20.4. The van der Waals surface area contributed by atoms with E-state index in [9.17, 15) is 0 Å². The molecule has 4 heteroatoms. The molecule has 0 saturated heterocycles. The lowest BCUT2D eigenvalue weighted by molar-refractivity contribution is 0.125. The van der Waals surface area contributed by atoms with Crippen molar-refractivity contribution in [2.75, 3.05) is 0 Å². The summed E-state index contributed by atoms with van der Waals surface area (Å²) in [7, 11) is 0. The van der Waals surface area contributed by atoms with E-state index < -0.39 is 0 Å². The van der Waals surface area contributed by atoms with E-state index in [1.54, 1.807) is 0 Å². The molecule has 3 rings (SSSR count). The van der Waals surface area contributed by atoms with Gasteiger partial charge in [0.05, 0.1) is 11.4 Å². The molecule has 1 saturated carbocycles. The molecule has 1 unspecified atom stereocenters. The number of hydrogen-bond donors (Lipinski definition) is 0. The van der Waals surface area contributed by atoms with Gasteiger partial charge >= 0.3 is 0 Å². The highest BCUT2D eigenvalue weighted by molar-refractivity contribution is 6.09. The normalized spacial score (nSPS) is 19.4. The molecule has 0 radical (unpaired) electrons. The van der Waals surface area contributed by atoms with Crippen LogP contribution in [0.2, 0.25) is 0 Å².